The number of fused-ring (bicyclic) bond motifs is 1. The highest BCUT2D eigenvalue weighted by atomic mass is 16.1. The summed E-state index contributed by atoms with van der Waals surface area (Å²) in [5.74, 6) is -0.116. The van der Waals surface area contributed by atoms with Gasteiger partial charge in [-0.3, -0.25) is 14.8 Å². The van der Waals surface area contributed by atoms with Crippen LogP contribution >= 0.6 is 0 Å². The summed E-state index contributed by atoms with van der Waals surface area (Å²) >= 11 is 0. The average molecular weight is 354 g/mol. The molecule has 5 nitrogen and oxygen atoms in total. The molecule has 5 heteroatoms. The van der Waals surface area contributed by atoms with Gasteiger partial charge in [-0.25, -0.2) is 4.98 Å². The van der Waals surface area contributed by atoms with Gasteiger partial charge < -0.3 is 5.32 Å². The minimum absolute atomic E-state index is 0.116. The maximum Gasteiger partial charge on any atom is 0.251 e. The number of aromatic nitrogens is 3. The molecule has 2 aromatic carbocycles. The van der Waals surface area contributed by atoms with Crippen LogP contribution in [0.15, 0.2) is 79.3 Å². The molecule has 1 N–H and O–H groups in total. The minimum atomic E-state index is -0.116. The highest BCUT2D eigenvalue weighted by molar-refractivity contribution is 5.97. The Morgan fingerprint density at radius 3 is 2.63 bits per heavy atom. The highest BCUT2D eigenvalue weighted by Crippen LogP contribution is 2.19. The van der Waals surface area contributed by atoms with Crippen molar-refractivity contribution in [2.75, 3.05) is 6.54 Å². The van der Waals surface area contributed by atoms with E-state index in [-0.39, 0.29) is 5.91 Å². The van der Waals surface area contributed by atoms with E-state index in [1.165, 1.54) is 0 Å². The maximum absolute atomic E-state index is 12.4. The zero-order valence-electron chi connectivity index (χ0n) is 14.7. The molecular weight excluding hydrogens is 336 g/mol. The van der Waals surface area contributed by atoms with Gasteiger partial charge in [0.15, 0.2) is 0 Å². The number of carbonyl (C=O) groups is 1. The zero-order valence-corrected chi connectivity index (χ0v) is 14.7. The molecule has 0 aliphatic carbocycles. The summed E-state index contributed by atoms with van der Waals surface area (Å²) in [5.41, 5.74) is 4.98. The molecule has 0 radical (unpaired) electrons. The summed E-state index contributed by atoms with van der Waals surface area (Å²) in [6.45, 7) is 0.557. The molecular formula is C22H18N4O. The van der Waals surface area contributed by atoms with Crippen molar-refractivity contribution in [3.05, 3.63) is 90.4 Å². The van der Waals surface area contributed by atoms with E-state index in [1.807, 2.05) is 54.7 Å². The fourth-order valence-electron chi connectivity index (χ4n) is 2.87. The van der Waals surface area contributed by atoms with Crippen LogP contribution in [0.3, 0.4) is 0 Å². The topological polar surface area (TPSA) is 67.8 Å². The van der Waals surface area contributed by atoms with Gasteiger partial charge in [0.2, 0.25) is 0 Å². The Morgan fingerprint density at radius 2 is 1.81 bits per heavy atom. The molecule has 0 bridgehead atoms. The molecule has 0 saturated heterocycles. The van der Waals surface area contributed by atoms with Gasteiger partial charge in [-0.2, -0.15) is 0 Å². The number of benzene rings is 2. The SMILES string of the molecule is O=C(NCCc1cccnc1)c1ccc2nc(-c3ccccc3)cnc2c1. The van der Waals surface area contributed by atoms with E-state index in [1.54, 1.807) is 24.5 Å². The maximum atomic E-state index is 12.4. The van der Waals surface area contributed by atoms with E-state index < -0.39 is 0 Å². The van der Waals surface area contributed by atoms with Crippen LogP contribution in [0.25, 0.3) is 22.3 Å². The molecule has 132 valence electrons. The predicted molar refractivity (Wildman–Crippen MR) is 105 cm³/mol. The van der Waals surface area contributed by atoms with Crippen LogP contribution in [0.5, 0.6) is 0 Å². The molecule has 2 heterocycles. The van der Waals surface area contributed by atoms with Crippen molar-refractivity contribution in [3.8, 4) is 11.3 Å². The molecule has 0 aliphatic rings. The Bertz CT molecular complexity index is 1070. The van der Waals surface area contributed by atoms with Crippen LogP contribution in [0.2, 0.25) is 0 Å². The fourth-order valence-corrected chi connectivity index (χ4v) is 2.87. The third-order valence-corrected chi connectivity index (χ3v) is 4.30. The zero-order chi connectivity index (χ0) is 18.5. The first-order valence-electron chi connectivity index (χ1n) is 8.79. The van der Waals surface area contributed by atoms with Crippen molar-refractivity contribution in [2.24, 2.45) is 0 Å². The summed E-state index contributed by atoms with van der Waals surface area (Å²) in [4.78, 5) is 25.6. The van der Waals surface area contributed by atoms with Crippen LogP contribution in [-0.2, 0) is 6.42 Å². The lowest BCUT2D eigenvalue weighted by Gasteiger charge is -2.07. The van der Waals surface area contributed by atoms with E-state index in [2.05, 4.69) is 20.3 Å². The molecule has 0 saturated carbocycles. The van der Waals surface area contributed by atoms with Crippen molar-refractivity contribution < 1.29 is 4.79 Å². The number of hydrogen-bond acceptors (Lipinski definition) is 4. The smallest absolute Gasteiger partial charge is 0.251 e. The largest absolute Gasteiger partial charge is 0.352 e. The number of nitrogens with one attached hydrogen (secondary N) is 1. The van der Waals surface area contributed by atoms with Gasteiger partial charge in [0, 0.05) is 30.1 Å². The summed E-state index contributed by atoms with van der Waals surface area (Å²) in [5, 5.41) is 2.93. The number of rotatable bonds is 5. The summed E-state index contributed by atoms with van der Waals surface area (Å²) < 4.78 is 0. The van der Waals surface area contributed by atoms with Gasteiger partial charge in [-0.05, 0) is 36.2 Å². The lowest BCUT2D eigenvalue weighted by molar-refractivity contribution is 0.0954. The van der Waals surface area contributed by atoms with Gasteiger partial charge in [-0.15, -0.1) is 0 Å². The van der Waals surface area contributed by atoms with Crippen LogP contribution in [0.1, 0.15) is 15.9 Å². The molecule has 0 aliphatic heterocycles. The van der Waals surface area contributed by atoms with E-state index >= 15 is 0 Å². The Balaban J connectivity index is 1.47. The van der Waals surface area contributed by atoms with Crippen molar-refractivity contribution >= 4 is 16.9 Å². The van der Waals surface area contributed by atoms with Gasteiger partial charge in [-0.1, -0.05) is 36.4 Å². The van der Waals surface area contributed by atoms with Crippen LogP contribution in [-0.4, -0.2) is 27.4 Å². The van der Waals surface area contributed by atoms with Crippen LogP contribution in [0.4, 0.5) is 0 Å². The Morgan fingerprint density at radius 1 is 0.926 bits per heavy atom. The summed E-state index contributed by atoms with van der Waals surface area (Å²) in [6, 6.07) is 19.2. The molecule has 4 rings (SSSR count). The summed E-state index contributed by atoms with van der Waals surface area (Å²) in [6.07, 6.45) is 6.03. The van der Waals surface area contributed by atoms with E-state index in [0.717, 1.165) is 28.8 Å². The van der Waals surface area contributed by atoms with Crippen molar-refractivity contribution in [1.29, 1.82) is 0 Å². The number of nitrogens with zero attached hydrogens (tertiary/aromatic N) is 3. The first-order valence-corrected chi connectivity index (χ1v) is 8.79. The Labute approximate surface area is 157 Å². The third-order valence-electron chi connectivity index (χ3n) is 4.30. The number of carbonyl (C=O) groups excluding carboxylic acids is 1. The van der Waals surface area contributed by atoms with Crippen molar-refractivity contribution in [3.63, 3.8) is 0 Å². The van der Waals surface area contributed by atoms with E-state index in [9.17, 15) is 4.79 Å². The minimum Gasteiger partial charge on any atom is -0.352 e. The molecule has 2 aromatic heterocycles. The van der Waals surface area contributed by atoms with E-state index in [0.29, 0.717) is 17.6 Å². The van der Waals surface area contributed by atoms with Gasteiger partial charge >= 0.3 is 0 Å². The second-order valence-corrected chi connectivity index (χ2v) is 6.19. The summed E-state index contributed by atoms with van der Waals surface area (Å²) in [7, 11) is 0. The van der Waals surface area contributed by atoms with Crippen LogP contribution < -0.4 is 5.32 Å². The van der Waals surface area contributed by atoms with Crippen molar-refractivity contribution in [1.82, 2.24) is 20.3 Å². The molecule has 4 aromatic rings. The molecule has 0 spiro atoms. The van der Waals surface area contributed by atoms with Gasteiger partial charge in [0.05, 0.1) is 22.9 Å². The van der Waals surface area contributed by atoms with Crippen LogP contribution in [0, 0.1) is 0 Å². The lowest BCUT2D eigenvalue weighted by atomic mass is 10.1. The molecule has 0 fully saturated rings. The number of hydrogen-bond donors (Lipinski definition) is 1. The first-order chi connectivity index (χ1) is 13.3. The number of pyridine rings is 1. The normalized spacial score (nSPS) is 10.7. The van der Waals surface area contributed by atoms with E-state index in [4.69, 9.17) is 0 Å². The monoisotopic (exact) mass is 354 g/mol. The highest BCUT2D eigenvalue weighted by Gasteiger charge is 2.08. The lowest BCUT2D eigenvalue weighted by Crippen LogP contribution is -2.25. The predicted octanol–water partition coefficient (Wildman–Crippen LogP) is 3.66. The molecule has 0 unspecified atom stereocenters. The first kappa shape index (κ1) is 16.8. The Kier molecular flexibility index (Phi) is 4.83. The quantitative estimate of drug-likeness (QED) is 0.594. The average Bonchev–Trinajstić information content (AvgIpc) is 2.74. The third kappa shape index (κ3) is 3.98. The van der Waals surface area contributed by atoms with Gasteiger partial charge in [0.25, 0.3) is 5.91 Å². The molecule has 1 amide bonds. The second-order valence-electron chi connectivity index (χ2n) is 6.19. The molecule has 27 heavy (non-hydrogen) atoms. The van der Waals surface area contributed by atoms with Gasteiger partial charge in [0.1, 0.15) is 0 Å². The Hall–Kier alpha value is -3.60. The standard InChI is InChI=1S/C22H18N4O/c27-22(24-12-10-16-5-4-11-23-14-16)18-8-9-19-20(13-18)25-15-21(26-19)17-6-2-1-3-7-17/h1-9,11,13-15H,10,12H2,(H,24,27). The van der Waals surface area contributed by atoms with Crippen molar-refractivity contribution in [2.45, 2.75) is 6.42 Å². The second kappa shape index (κ2) is 7.74. The molecule has 0 atom stereocenters. The fraction of sp³-hybridized carbons (Fsp3) is 0.0909. The number of amides is 1.